The van der Waals surface area contributed by atoms with Crippen molar-refractivity contribution < 1.29 is 24.5 Å². The van der Waals surface area contributed by atoms with E-state index in [1.54, 1.807) is 12.1 Å². The van der Waals surface area contributed by atoms with E-state index < -0.39 is 13.7 Å². The highest BCUT2D eigenvalue weighted by Gasteiger charge is 2.39. The number of Topliss-reactive ketones (excluding diaryl/α,β-unsaturated/α-hetero) is 1. The molecular formula is C19H29NO5P+. The van der Waals surface area contributed by atoms with Crippen molar-refractivity contribution in [2.24, 2.45) is 5.92 Å². The minimum absolute atomic E-state index is 0.0649. The highest BCUT2D eigenvalue weighted by molar-refractivity contribution is 7.65. The van der Waals surface area contributed by atoms with E-state index >= 15 is 0 Å². The Kier molecular flexibility index (Phi) is 7.71. The van der Waals surface area contributed by atoms with Gasteiger partial charge < -0.3 is 10.4 Å². The van der Waals surface area contributed by atoms with Crippen LogP contribution in [0.1, 0.15) is 61.0 Å². The van der Waals surface area contributed by atoms with Crippen LogP contribution in [-0.2, 0) is 4.79 Å². The monoisotopic (exact) mass is 382 g/mol. The van der Waals surface area contributed by atoms with Crippen molar-refractivity contribution >= 4 is 19.5 Å². The van der Waals surface area contributed by atoms with Crippen molar-refractivity contribution in [2.75, 3.05) is 18.9 Å². The molecule has 2 rings (SSSR count). The Morgan fingerprint density at radius 3 is 2.35 bits per heavy atom. The highest BCUT2D eigenvalue weighted by atomic mass is 31.2. The van der Waals surface area contributed by atoms with E-state index in [-0.39, 0.29) is 30.1 Å². The van der Waals surface area contributed by atoms with Gasteiger partial charge in [-0.15, -0.1) is 0 Å². The van der Waals surface area contributed by atoms with Crippen LogP contribution < -0.4 is 5.32 Å². The third kappa shape index (κ3) is 6.76. The Morgan fingerprint density at radius 2 is 1.77 bits per heavy atom. The van der Waals surface area contributed by atoms with Gasteiger partial charge in [0.05, 0.1) is 12.1 Å². The molecule has 1 aromatic rings. The smallest absolute Gasteiger partial charge is 0.335 e. The third-order valence-electron chi connectivity index (χ3n) is 4.97. The summed E-state index contributed by atoms with van der Waals surface area (Å²) < 4.78 is 0. The van der Waals surface area contributed by atoms with Crippen LogP contribution in [0, 0.1) is 5.92 Å². The molecule has 0 spiro atoms. The van der Waals surface area contributed by atoms with Crippen LogP contribution in [0.25, 0.3) is 0 Å². The summed E-state index contributed by atoms with van der Waals surface area (Å²) in [6.45, 7) is 1.95. The van der Waals surface area contributed by atoms with Crippen LogP contribution in [0.3, 0.4) is 0 Å². The van der Waals surface area contributed by atoms with Gasteiger partial charge in [-0.2, -0.15) is 0 Å². The van der Waals surface area contributed by atoms with Crippen molar-refractivity contribution in [2.45, 2.75) is 45.1 Å². The van der Waals surface area contributed by atoms with Gasteiger partial charge in [-0.25, -0.2) is 14.6 Å². The standard InChI is InChI=1S/C19H28NO5P/c1-14(16-7-9-17(10-8-16)19(22)23)20-11-18(21)13-26(24,25)12-15-5-3-2-4-6-15/h7-10,14-15,20,24-25H,2-6,11-13H2,1H3/p+1. The SMILES string of the molecule is CC(NCC(=O)C[P+](O)(O)CC1CCCCC1)c1ccc(C(=O)O)cc1. The molecule has 0 radical (unpaired) electrons. The third-order valence-corrected chi connectivity index (χ3v) is 6.93. The number of carbonyl (C=O) groups is 2. The second-order valence-corrected chi connectivity index (χ2v) is 9.73. The van der Waals surface area contributed by atoms with Gasteiger partial charge >= 0.3 is 5.97 Å². The quantitative estimate of drug-likeness (QED) is 0.489. The number of ketones is 1. The first-order chi connectivity index (χ1) is 12.3. The summed E-state index contributed by atoms with van der Waals surface area (Å²) in [6.07, 6.45) is 5.74. The van der Waals surface area contributed by atoms with Crippen LogP contribution in [0.2, 0.25) is 0 Å². The molecule has 1 unspecified atom stereocenters. The fourth-order valence-corrected chi connectivity index (χ4v) is 5.48. The molecule has 4 N–H and O–H groups in total. The van der Waals surface area contributed by atoms with Crippen molar-refractivity contribution in [3.63, 3.8) is 0 Å². The summed E-state index contributed by atoms with van der Waals surface area (Å²) in [5.74, 6) is -0.843. The van der Waals surface area contributed by atoms with Gasteiger partial charge in [0.25, 0.3) is 7.72 Å². The van der Waals surface area contributed by atoms with E-state index in [4.69, 9.17) is 5.11 Å². The van der Waals surface area contributed by atoms with Gasteiger partial charge in [-0.1, -0.05) is 31.4 Å². The predicted octanol–water partition coefficient (Wildman–Crippen LogP) is 3.02. The zero-order valence-corrected chi connectivity index (χ0v) is 16.1. The minimum atomic E-state index is -3.17. The second kappa shape index (κ2) is 9.56. The molecule has 0 heterocycles. The average Bonchev–Trinajstić information content (AvgIpc) is 2.59. The molecule has 1 aromatic carbocycles. The topological polar surface area (TPSA) is 107 Å². The fraction of sp³-hybridized carbons (Fsp3) is 0.579. The summed E-state index contributed by atoms with van der Waals surface area (Å²) in [5, 5.41) is 12.0. The van der Waals surface area contributed by atoms with Crippen LogP contribution in [0.15, 0.2) is 24.3 Å². The molecule has 144 valence electrons. The molecule has 1 saturated carbocycles. The van der Waals surface area contributed by atoms with Gasteiger partial charge in [0.2, 0.25) is 0 Å². The summed E-state index contributed by atoms with van der Waals surface area (Å²) in [5.41, 5.74) is 1.09. The Bertz CT molecular complexity index is 611. The van der Waals surface area contributed by atoms with Crippen molar-refractivity contribution in [1.29, 1.82) is 0 Å². The molecule has 1 atom stereocenters. The molecular weight excluding hydrogens is 353 g/mol. The van der Waals surface area contributed by atoms with Crippen molar-refractivity contribution in [3.8, 4) is 0 Å². The van der Waals surface area contributed by atoms with Crippen LogP contribution >= 0.6 is 7.72 Å². The van der Waals surface area contributed by atoms with E-state index in [1.165, 1.54) is 18.6 Å². The Hall–Kier alpha value is -1.33. The molecule has 0 amide bonds. The Labute approximate surface area is 155 Å². The van der Waals surface area contributed by atoms with Crippen LogP contribution in [-0.4, -0.2) is 45.5 Å². The number of carbonyl (C=O) groups excluding carboxylic acids is 1. The molecule has 0 aromatic heterocycles. The molecule has 26 heavy (non-hydrogen) atoms. The lowest BCUT2D eigenvalue weighted by Gasteiger charge is -2.23. The number of carboxylic acid groups (broad SMARTS) is 1. The number of hydrogen-bond donors (Lipinski definition) is 4. The number of hydrogen-bond acceptors (Lipinski definition) is 5. The molecule has 7 heteroatoms. The molecule has 0 saturated heterocycles. The molecule has 1 fully saturated rings. The molecule has 0 bridgehead atoms. The molecule has 1 aliphatic rings. The van der Waals surface area contributed by atoms with Crippen LogP contribution in [0.5, 0.6) is 0 Å². The molecule has 6 nitrogen and oxygen atoms in total. The summed E-state index contributed by atoms with van der Waals surface area (Å²) in [6, 6.07) is 6.35. The number of carboxylic acids is 1. The zero-order chi connectivity index (χ0) is 19.2. The number of aromatic carboxylic acids is 1. The van der Waals surface area contributed by atoms with E-state index in [0.717, 1.165) is 31.2 Å². The summed E-state index contributed by atoms with van der Waals surface area (Å²) in [4.78, 5) is 43.5. The van der Waals surface area contributed by atoms with Gasteiger partial charge in [0, 0.05) is 6.04 Å². The molecule has 0 aliphatic heterocycles. The Morgan fingerprint density at radius 1 is 1.15 bits per heavy atom. The van der Waals surface area contributed by atoms with Crippen molar-refractivity contribution in [3.05, 3.63) is 35.4 Å². The number of nitrogens with one attached hydrogen (secondary N) is 1. The lowest BCUT2D eigenvalue weighted by molar-refractivity contribution is -0.116. The minimum Gasteiger partial charge on any atom is -0.478 e. The van der Waals surface area contributed by atoms with Crippen LogP contribution in [0.4, 0.5) is 0 Å². The first-order valence-corrected chi connectivity index (χ1v) is 11.2. The maximum atomic E-state index is 12.1. The van der Waals surface area contributed by atoms with Gasteiger partial charge in [0.1, 0.15) is 6.16 Å². The van der Waals surface area contributed by atoms with Gasteiger partial charge in [-0.05, 0) is 43.4 Å². The first kappa shape index (κ1) is 21.0. The van der Waals surface area contributed by atoms with Gasteiger partial charge in [-0.3, -0.25) is 4.79 Å². The summed E-state index contributed by atoms with van der Waals surface area (Å²) >= 11 is 0. The maximum Gasteiger partial charge on any atom is 0.335 e. The largest absolute Gasteiger partial charge is 0.478 e. The predicted molar refractivity (Wildman–Crippen MR) is 102 cm³/mol. The van der Waals surface area contributed by atoms with Crippen molar-refractivity contribution in [1.82, 2.24) is 5.32 Å². The lowest BCUT2D eigenvalue weighted by atomic mass is 9.91. The normalized spacial score (nSPS) is 17.0. The van der Waals surface area contributed by atoms with E-state index in [9.17, 15) is 19.4 Å². The van der Waals surface area contributed by atoms with E-state index in [2.05, 4.69) is 5.32 Å². The maximum absolute atomic E-state index is 12.1. The lowest BCUT2D eigenvalue weighted by Crippen LogP contribution is -2.29. The zero-order valence-electron chi connectivity index (χ0n) is 15.2. The number of rotatable bonds is 9. The average molecular weight is 382 g/mol. The fourth-order valence-electron chi connectivity index (χ4n) is 3.49. The van der Waals surface area contributed by atoms with E-state index in [0.29, 0.717) is 12.1 Å². The Balaban J connectivity index is 1.78. The highest BCUT2D eigenvalue weighted by Crippen LogP contribution is 2.53. The number of benzene rings is 1. The van der Waals surface area contributed by atoms with Gasteiger partial charge in [0.15, 0.2) is 11.9 Å². The van der Waals surface area contributed by atoms with E-state index in [1.807, 2.05) is 6.92 Å². The summed E-state index contributed by atoms with van der Waals surface area (Å²) in [7, 11) is -3.17. The molecule has 1 aliphatic carbocycles. The first-order valence-electron chi connectivity index (χ1n) is 9.18. The second-order valence-electron chi connectivity index (χ2n) is 7.29.